The fourth-order valence-corrected chi connectivity index (χ4v) is 3.76. The number of aryl methyl sites for hydroxylation is 2. The van der Waals surface area contributed by atoms with E-state index in [2.05, 4.69) is 10.4 Å². The van der Waals surface area contributed by atoms with E-state index in [1.807, 2.05) is 26.1 Å². The van der Waals surface area contributed by atoms with Crippen LogP contribution in [0, 0.1) is 6.92 Å². The third-order valence-corrected chi connectivity index (χ3v) is 5.16. The predicted octanol–water partition coefficient (Wildman–Crippen LogP) is 4.18. The third kappa shape index (κ3) is 2.84. The Labute approximate surface area is 141 Å². The molecule has 2 heterocycles. The minimum Gasteiger partial charge on any atom is -0.347 e. The van der Waals surface area contributed by atoms with Crippen LogP contribution in [0.3, 0.4) is 0 Å². The average molecular weight is 354 g/mol. The fraction of sp³-hybridized carbons (Fsp3) is 0.200. The highest BCUT2D eigenvalue weighted by Gasteiger charge is 2.15. The molecule has 1 N–H and O–H groups in total. The van der Waals surface area contributed by atoms with Gasteiger partial charge in [-0.3, -0.25) is 9.48 Å². The zero-order valence-electron chi connectivity index (χ0n) is 12.0. The van der Waals surface area contributed by atoms with E-state index < -0.39 is 0 Å². The summed E-state index contributed by atoms with van der Waals surface area (Å²) in [5.74, 6) is -0.119. The highest BCUT2D eigenvalue weighted by atomic mass is 35.5. The summed E-state index contributed by atoms with van der Waals surface area (Å²) in [6.45, 7) is 2.30. The lowest BCUT2D eigenvalue weighted by atomic mass is 10.2. The summed E-state index contributed by atoms with van der Waals surface area (Å²) in [6, 6.07) is 7.10. The van der Waals surface area contributed by atoms with E-state index in [1.165, 1.54) is 11.3 Å². The highest BCUT2D eigenvalue weighted by molar-refractivity contribution is 7.20. The first-order chi connectivity index (χ1) is 10.5. The van der Waals surface area contributed by atoms with E-state index in [0.29, 0.717) is 21.5 Å². The van der Waals surface area contributed by atoms with E-state index >= 15 is 0 Å². The third-order valence-electron chi connectivity index (χ3n) is 3.37. The summed E-state index contributed by atoms with van der Waals surface area (Å²) in [4.78, 5) is 13.9. The quantitative estimate of drug-likeness (QED) is 0.767. The van der Waals surface area contributed by atoms with Crippen LogP contribution in [0.25, 0.3) is 10.2 Å². The van der Waals surface area contributed by atoms with Gasteiger partial charge in [0.15, 0.2) is 0 Å². The Morgan fingerprint density at radius 3 is 2.82 bits per heavy atom. The molecule has 114 valence electrons. The monoisotopic (exact) mass is 353 g/mol. The maximum absolute atomic E-state index is 12.3. The Kier molecular flexibility index (Phi) is 4.12. The Balaban J connectivity index is 1.77. The van der Waals surface area contributed by atoms with E-state index in [-0.39, 0.29) is 5.91 Å². The summed E-state index contributed by atoms with van der Waals surface area (Å²) < 4.78 is 1.79. The van der Waals surface area contributed by atoms with Crippen molar-refractivity contribution in [3.8, 4) is 0 Å². The van der Waals surface area contributed by atoms with Crippen molar-refractivity contribution >= 4 is 50.7 Å². The van der Waals surface area contributed by atoms with Gasteiger partial charge >= 0.3 is 0 Å². The lowest BCUT2D eigenvalue weighted by molar-refractivity contribution is 0.0955. The van der Waals surface area contributed by atoms with Gasteiger partial charge < -0.3 is 5.32 Å². The van der Waals surface area contributed by atoms with Gasteiger partial charge in [0, 0.05) is 29.0 Å². The van der Waals surface area contributed by atoms with Crippen LogP contribution in [-0.2, 0) is 13.6 Å². The molecule has 0 saturated heterocycles. The minimum atomic E-state index is -0.119. The van der Waals surface area contributed by atoms with Crippen molar-refractivity contribution in [2.45, 2.75) is 13.5 Å². The molecule has 1 amide bonds. The number of hydrogen-bond acceptors (Lipinski definition) is 3. The van der Waals surface area contributed by atoms with E-state index in [1.54, 1.807) is 16.8 Å². The molecule has 22 heavy (non-hydrogen) atoms. The van der Waals surface area contributed by atoms with Crippen molar-refractivity contribution in [2.24, 2.45) is 7.05 Å². The second kappa shape index (κ2) is 5.91. The molecule has 4 nitrogen and oxygen atoms in total. The fourth-order valence-electron chi connectivity index (χ4n) is 2.24. The largest absolute Gasteiger partial charge is 0.347 e. The van der Waals surface area contributed by atoms with Crippen molar-refractivity contribution < 1.29 is 4.79 Å². The molecule has 3 rings (SSSR count). The van der Waals surface area contributed by atoms with Crippen molar-refractivity contribution in [3.63, 3.8) is 0 Å². The number of hydrogen-bond donors (Lipinski definition) is 1. The van der Waals surface area contributed by atoms with Gasteiger partial charge in [0.2, 0.25) is 0 Å². The number of carbonyl (C=O) groups is 1. The second-order valence-electron chi connectivity index (χ2n) is 4.96. The average Bonchev–Trinajstić information content (AvgIpc) is 3.00. The number of nitrogens with one attached hydrogen (secondary N) is 1. The van der Waals surface area contributed by atoms with Gasteiger partial charge in [-0.2, -0.15) is 5.10 Å². The predicted molar refractivity (Wildman–Crippen MR) is 91.0 cm³/mol. The van der Waals surface area contributed by atoms with Crippen LogP contribution in [-0.4, -0.2) is 15.7 Å². The van der Waals surface area contributed by atoms with E-state index in [4.69, 9.17) is 23.2 Å². The number of rotatable bonds is 3. The maximum atomic E-state index is 12.3. The number of carbonyl (C=O) groups excluding carboxylic acids is 1. The molecule has 0 bridgehead atoms. The number of aromatic nitrogens is 2. The van der Waals surface area contributed by atoms with Crippen LogP contribution in [0.15, 0.2) is 24.3 Å². The van der Waals surface area contributed by atoms with Crippen LogP contribution < -0.4 is 5.32 Å². The summed E-state index contributed by atoms with van der Waals surface area (Å²) in [5.41, 5.74) is 1.76. The first kappa shape index (κ1) is 15.3. The van der Waals surface area contributed by atoms with Crippen molar-refractivity contribution in [1.82, 2.24) is 15.1 Å². The first-order valence-corrected chi connectivity index (χ1v) is 8.18. The molecule has 2 aromatic heterocycles. The van der Waals surface area contributed by atoms with Gasteiger partial charge in [-0.25, -0.2) is 0 Å². The maximum Gasteiger partial charge on any atom is 0.261 e. The van der Waals surface area contributed by atoms with Gasteiger partial charge in [0.1, 0.15) is 4.83 Å². The van der Waals surface area contributed by atoms with Gasteiger partial charge in [-0.05, 0) is 30.7 Å². The van der Waals surface area contributed by atoms with Gasteiger partial charge in [0.25, 0.3) is 5.91 Å². The molecule has 0 aliphatic rings. The zero-order chi connectivity index (χ0) is 15.9. The Bertz CT molecular complexity index is 835. The summed E-state index contributed by atoms with van der Waals surface area (Å²) in [6.07, 6.45) is 0. The number of fused-ring (bicyclic) bond motifs is 1. The number of benzene rings is 1. The van der Waals surface area contributed by atoms with Gasteiger partial charge in [-0.15, -0.1) is 11.3 Å². The van der Waals surface area contributed by atoms with Crippen LogP contribution in [0.5, 0.6) is 0 Å². The van der Waals surface area contributed by atoms with Crippen molar-refractivity contribution in [2.75, 3.05) is 0 Å². The number of halogens is 2. The Hall–Kier alpha value is -1.56. The Morgan fingerprint density at radius 2 is 2.14 bits per heavy atom. The first-order valence-electron chi connectivity index (χ1n) is 6.61. The SMILES string of the molecule is Cc1nn(C)c2sc(C(=O)NCc3ccc(Cl)cc3Cl)cc12. The smallest absolute Gasteiger partial charge is 0.261 e. The van der Waals surface area contributed by atoms with Crippen LogP contribution in [0.4, 0.5) is 0 Å². The van der Waals surface area contributed by atoms with Crippen molar-refractivity contribution in [3.05, 3.63) is 50.4 Å². The normalized spacial score (nSPS) is 11.1. The van der Waals surface area contributed by atoms with Crippen LogP contribution in [0.2, 0.25) is 10.0 Å². The topological polar surface area (TPSA) is 46.9 Å². The van der Waals surface area contributed by atoms with Gasteiger partial charge in [0.05, 0.1) is 10.6 Å². The molecule has 0 aliphatic heterocycles. The van der Waals surface area contributed by atoms with Crippen LogP contribution in [0.1, 0.15) is 20.9 Å². The lowest BCUT2D eigenvalue weighted by Crippen LogP contribution is -2.21. The van der Waals surface area contributed by atoms with E-state index in [9.17, 15) is 4.79 Å². The summed E-state index contributed by atoms with van der Waals surface area (Å²) in [7, 11) is 1.88. The molecular weight excluding hydrogens is 341 g/mol. The summed E-state index contributed by atoms with van der Waals surface area (Å²) in [5, 5.41) is 9.35. The molecule has 0 unspecified atom stereocenters. The Morgan fingerprint density at radius 1 is 1.36 bits per heavy atom. The molecule has 1 aromatic carbocycles. The number of amides is 1. The molecule has 7 heteroatoms. The zero-order valence-corrected chi connectivity index (χ0v) is 14.3. The molecule has 0 saturated carbocycles. The summed E-state index contributed by atoms with van der Waals surface area (Å²) >= 11 is 13.4. The molecular formula is C15H13Cl2N3OS. The van der Waals surface area contributed by atoms with Gasteiger partial charge in [-0.1, -0.05) is 29.3 Å². The van der Waals surface area contributed by atoms with Crippen LogP contribution >= 0.6 is 34.5 Å². The molecule has 0 fully saturated rings. The minimum absolute atomic E-state index is 0.119. The molecule has 0 atom stereocenters. The van der Waals surface area contributed by atoms with E-state index in [0.717, 1.165) is 21.5 Å². The standard InChI is InChI=1S/C15H13Cl2N3OS/c1-8-11-6-13(22-15(11)20(2)19-8)14(21)18-7-9-3-4-10(16)5-12(9)17/h3-6H,7H2,1-2H3,(H,18,21). The molecule has 3 aromatic rings. The second-order valence-corrected chi connectivity index (χ2v) is 6.83. The highest BCUT2D eigenvalue weighted by Crippen LogP contribution is 2.27. The molecule has 0 spiro atoms. The lowest BCUT2D eigenvalue weighted by Gasteiger charge is -2.06. The molecule has 0 radical (unpaired) electrons. The number of nitrogens with zero attached hydrogens (tertiary/aromatic N) is 2. The van der Waals surface area contributed by atoms with Crippen molar-refractivity contribution in [1.29, 1.82) is 0 Å². The number of thiophene rings is 1. The molecule has 0 aliphatic carbocycles.